The molecule has 0 bridgehead atoms. The summed E-state index contributed by atoms with van der Waals surface area (Å²) in [6, 6.07) is 12.5. The number of para-hydroxylation sites is 1. The monoisotopic (exact) mass is 319 g/mol. The van der Waals surface area contributed by atoms with Gasteiger partial charge in [0.25, 0.3) is 0 Å². The number of pyridine rings is 1. The number of rotatable bonds is 4. The Kier molecular flexibility index (Phi) is 4.23. The Morgan fingerprint density at radius 2 is 1.79 bits per heavy atom. The number of anilines is 3. The van der Waals surface area contributed by atoms with Crippen molar-refractivity contribution in [3.05, 3.63) is 48.8 Å². The number of fused-ring (bicyclic) bond motifs is 1. The predicted molar refractivity (Wildman–Crippen MR) is 97.6 cm³/mol. The average molecular weight is 319 g/mol. The van der Waals surface area contributed by atoms with Gasteiger partial charge in [0, 0.05) is 17.6 Å². The van der Waals surface area contributed by atoms with Crippen LogP contribution in [0.4, 0.5) is 17.5 Å². The predicted octanol–water partition coefficient (Wildman–Crippen LogP) is 4.51. The van der Waals surface area contributed by atoms with Crippen LogP contribution >= 0.6 is 0 Å². The number of hydrogen-bond donors (Lipinski definition) is 2. The van der Waals surface area contributed by atoms with E-state index in [0.717, 1.165) is 22.4 Å². The maximum Gasteiger partial charge on any atom is 0.229 e. The fraction of sp³-hybridized carbons (Fsp3) is 0.316. The highest BCUT2D eigenvalue weighted by molar-refractivity contribution is 5.90. The topological polar surface area (TPSA) is 62.7 Å². The van der Waals surface area contributed by atoms with Crippen molar-refractivity contribution in [1.82, 2.24) is 15.0 Å². The van der Waals surface area contributed by atoms with E-state index in [1.54, 1.807) is 12.4 Å². The number of aromatic nitrogens is 3. The van der Waals surface area contributed by atoms with Crippen LogP contribution in [0, 0.1) is 0 Å². The van der Waals surface area contributed by atoms with Gasteiger partial charge in [-0.1, -0.05) is 31.4 Å². The van der Waals surface area contributed by atoms with Crippen LogP contribution in [-0.2, 0) is 0 Å². The quantitative estimate of drug-likeness (QED) is 0.740. The lowest BCUT2D eigenvalue weighted by molar-refractivity contribution is 0.462. The zero-order chi connectivity index (χ0) is 16.2. The Balaban J connectivity index is 1.67. The molecule has 1 saturated carbocycles. The lowest BCUT2D eigenvalue weighted by Gasteiger charge is -2.24. The lowest BCUT2D eigenvalue weighted by atomic mass is 9.95. The Morgan fingerprint density at radius 3 is 2.62 bits per heavy atom. The van der Waals surface area contributed by atoms with Gasteiger partial charge in [-0.25, -0.2) is 4.98 Å². The zero-order valence-electron chi connectivity index (χ0n) is 13.6. The molecule has 1 fully saturated rings. The summed E-state index contributed by atoms with van der Waals surface area (Å²) in [5.41, 5.74) is 1.83. The SMILES string of the molecule is c1cncc(Nc2nc(NC3CCCCC3)c3ccccc3n2)c1. The van der Waals surface area contributed by atoms with Crippen LogP contribution < -0.4 is 10.6 Å². The van der Waals surface area contributed by atoms with E-state index in [2.05, 4.69) is 26.7 Å². The van der Waals surface area contributed by atoms with Gasteiger partial charge in [0.1, 0.15) is 5.82 Å². The molecule has 5 nitrogen and oxygen atoms in total. The molecule has 2 aromatic heterocycles. The first-order chi connectivity index (χ1) is 11.9. The minimum Gasteiger partial charge on any atom is -0.367 e. The zero-order valence-corrected chi connectivity index (χ0v) is 13.6. The van der Waals surface area contributed by atoms with Gasteiger partial charge in [-0.05, 0) is 37.1 Å². The molecule has 0 aliphatic heterocycles. The maximum atomic E-state index is 4.73. The fourth-order valence-corrected chi connectivity index (χ4v) is 3.25. The van der Waals surface area contributed by atoms with Crippen LogP contribution in [0.25, 0.3) is 10.9 Å². The summed E-state index contributed by atoms with van der Waals surface area (Å²) in [4.78, 5) is 13.5. The van der Waals surface area contributed by atoms with E-state index in [-0.39, 0.29) is 0 Å². The van der Waals surface area contributed by atoms with Crippen molar-refractivity contribution in [3.63, 3.8) is 0 Å². The third-order valence-electron chi connectivity index (χ3n) is 4.47. The van der Waals surface area contributed by atoms with E-state index in [1.807, 2.05) is 30.3 Å². The Labute approximate surface area is 141 Å². The van der Waals surface area contributed by atoms with Crippen LogP contribution in [0.2, 0.25) is 0 Å². The molecule has 0 amide bonds. The third kappa shape index (κ3) is 3.30. The smallest absolute Gasteiger partial charge is 0.229 e. The molecule has 0 atom stereocenters. The first-order valence-electron chi connectivity index (χ1n) is 8.59. The second kappa shape index (κ2) is 6.83. The second-order valence-electron chi connectivity index (χ2n) is 6.26. The van der Waals surface area contributed by atoms with E-state index in [0.29, 0.717) is 12.0 Å². The van der Waals surface area contributed by atoms with Crippen molar-refractivity contribution >= 4 is 28.4 Å². The standard InChI is InChI=1S/C19H21N5/c1-2-7-14(8-3-1)21-18-16-10-4-5-11-17(16)23-19(24-18)22-15-9-6-12-20-13-15/h4-6,9-14H,1-3,7-8H2,(H2,21,22,23,24). The normalized spacial score (nSPS) is 15.3. The van der Waals surface area contributed by atoms with Gasteiger partial charge in [-0.15, -0.1) is 0 Å². The summed E-state index contributed by atoms with van der Waals surface area (Å²) in [7, 11) is 0. The average Bonchev–Trinajstić information content (AvgIpc) is 2.63. The molecule has 4 rings (SSSR count). The minimum absolute atomic E-state index is 0.503. The van der Waals surface area contributed by atoms with Gasteiger partial charge in [-0.2, -0.15) is 4.98 Å². The number of nitrogens with one attached hydrogen (secondary N) is 2. The fourth-order valence-electron chi connectivity index (χ4n) is 3.25. The largest absolute Gasteiger partial charge is 0.367 e. The van der Waals surface area contributed by atoms with Gasteiger partial charge in [0.15, 0.2) is 0 Å². The van der Waals surface area contributed by atoms with Gasteiger partial charge in [-0.3, -0.25) is 4.98 Å². The van der Waals surface area contributed by atoms with Crippen LogP contribution in [0.3, 0.4) is 0 Å². The van der Waals surface area contributed by atoms with Gasteiger partial charge >= 0.3 is 0 Å². The van der Waals surface area contributed by atoms with E-state index >= 15 is 0 Å². The van der Waals surface area contributed by atoms with Crippen LogP contribution in [0.15, 0.2) is 48.8 Å². The summed E-state index contributed by atoms with van der Waals surface area (Å²) < 4.78 is 0. The molecule has 1 aromatic carbocycles. The van der Waals surface area contributed by atoms with Gasteiger partial charge in [0.2, 0.25) is 5.95 Å². The van der Waals surface area contributed by atoms with E-state index < -0.39 is 0 Å². The van der Waals surface area contributed by atoms with Crippen LogP contribution in [0.5, 0.6) is 0 Å². The molecular weight excluding hydrogens is 298 g/mol. The first-order valence-corrected chi connectivity index (χ1v) is 8.59. The molecule has 5 heteroatoms. The van der Waals surface area contributed by atoms with E-state index in [4.69, 9.17) is 4.98 Å². The first kappa shape index (κ1) is 14.9. The van der Waals surface area contributed by atoms with Crippen molar-refractivity contribution in [3.8, 4) is 0 Å². The molecule has 24 heavy (non-hydrogen) atoms. The summed E-state index contributed by atoms with van der Waals surface area (Å²) in [6.45, 7) is 0. The summed E-state index contributed by atoms with van der Waals surface area (Å²) >= 11 is 0. The number of hydrogen-bond acceptors (Lipinski definition) is 5. The van der Waals surface area contributed by atoms with Crippen molar-refractivity contribution in [2.45, 2.75) is 38.1 Å². The molecule has 0 unspecified atom stereocenters. The highest BCUT2D eigenvalue weighted by atomic mass is 15.2. The molecule has 2 heterocycles. The summed E-state index contributed by atoms with van der Waals surface area (Å²) in [6.07, 6.45) is 9.88. The molecule has 0 spiro atoms. The molecular formula is C19H21N5. The highest BCUT2D eigenvalue weighted by Crippen LogP contribution is 2.27. The highest BCUT2D eigenvalue weighted by Gasteiger charge is 2.16. The maximum absolute atomic E-state index is 4.73. The Hall–Kier alpha value is -2.69. The van der Waals surface area contributed by atoms with Crippen molar-refractivity contribution in [2.24, 2.45) is 0 Å². The van der Waals surface area contributed by atoms with E-state index in [1.165, 1.54) is 32.1 Å². The van der Waals surface area contributed by atoms with Crippen LogP contribution in [0.1, 0.15) is 32.1 Å². The molecule has 1 aliphatic carbocycles. The molecule has 3 aromatic rings. The van der Waals surface area contributed by atoms with Crippen LogP contribution in [-0.4, -0.2) is 21.0 Å². The Bertz CT molecular complexity index is 812. The summed E-state index contributed by atoms with van der Waals surface area (Å²) in [5.74, 6) is 1.51. The molecule has 0 saturated heterocycles. The molecule has 1 aliphatic rings. The van der Waals surface area contributed by atoms with E-state index in [9.17, 15) is 0 Å². The second-order valence-corrected chi connectivity index (χ2v) is 6.26. The lowest BCUT2D eigenvalue weighted by Crippen LogP contribution is -2.23. The molecule has 2 N–H and O–H groups in total. The number of benzene rings is 1. The number of nitrogens with zero attached hydrogens (tertiary/aromatic N) is 3. The van der Waals surface area contributed by atoms with Crippen molar-refractivity contribution in [2.75, 3.05) is 10.6 Å². The minimum atomic E-state index is 0.503. The van der Waals surface area contributed by atoms with Gasteiger partial charge < -0.3 is 10.6 Å². The Morgan fingerprint density at radius 1 is 0.917 bits per heavy atom. The van der Waals surface area contributed by atoms with Gasteiger partial charge in [0.05, 0.1) is 17.4 Å². The van der Waals surface area contributed by atoms with Crippen molar-refractivity contribution < 1.29 is 0 Å². The third-order valence-corrected chi connectivity index (χ3v) is 4.47. The van der Waals surface area contributed by atoms with Crippen molar-refractivity contribution in [1.29, 1.82) is 0 Å². The summed E-state index contributed by atoms with van der Waals surface area (Å²) in [5, 5.41) is 7.96. The molecule has 122 valence electrons. The molecule has 0 radical (unpaired) electrons.